The summed E-state index contributed by atoms with van der Waals surface area (Å²) in [7, 11) is 0. The second-order valence-corrected chi connectivity index (χ2v) is 15.7. The van der Waals surface area contributed by atoms with Gasteiger partial charge in [0, 0.05) is 61.4 Å². The summed E-state index contributed by atoms with van der Waals surface area (Å²) in [6, 6.07) is 73.0. The van der Waals surface area contributed by atoms with E-state index in [0.29, 0.717) is 5.82 Å². The molecule has 0 saturated heterocycles. The van der Waals surface area contributed by atoms with Crippen LogP contribution in [0.2, 0.25) is 0 Å². The predicted octanol–water partition coefficient (Wildman–Crippen LogP) is 14.6. The Kier molecular flexibility index (Phi) is 7.24. The zero-order chi connectivity index (χ0) is 40.0. The fraction of sp³-hybridized carbons (Fsp3) is 0. The molecular weight excluding hydrogens is 745 g/mol. The van der Waals surface area contributed by atoms with Crippen molar-refractivity contribution >= 4 is 54.4 Å². The van der Waals surface area contributed by atoms with Gasteiger partial charge in [0.2, 0.25) is 0 Å². The second kappa shape index (κ2) is 13.1. The smallest absolute Gasteiger partial charge is 0.162 e. The number of hydrogen-bond acceptors (Lipinski definition) is 3. The van der Waals surface area contributed by atoms with Gasteiger partial charge < -0.3 is 9.30 Å². The molecule has 284 valence electrons. The Hall–Kier alpha value is -8.28. The van der Waals surface area contributed by atoms with E-state index in [1.165, 1.54) is 32.5 Å². The standard InChI is InChI=1S/C56H34N4O/c1-4-15-35(16-5-1)46-33-53(58-56(57-46)36-17-6-2-7-18-36)60-47-25-12-10-21-40(47)41-29-27-37(31-48(41)60)38-28-30-44-49(32-38)59(39-19-8-3-9-20-39)50-34-52-55-43(23-14-24-45(55)54(44)50)42-22-11-13-26-51(42)61-52/h1-34H. The van der Waals surface area contributed by atoms with Gasteiger partial charge in [-0.2, -0.15) is 0 Å². The highest BCUT2D eigenvalue weighted by atomic mass is 16.5. The van der Waals surface area contributed by atoms with Crippen LogP contribution in [0.25, 0.3) is 111 Å². The Morgan fingerprint density at radius 2 is 0.967 bits per heavy atom. The maximum atomic E-state index is 6.69. The van der Waals surface area contributed by atoms with E-state index in [1.54, 1.807) is 0 Å². The monoisotopic (exact) mass is 778 g/mol. The van der Waals surface area contributed by atoms with Gasteiger partial charge in [-0.05, 0) is 58.5 Å². The van der Waals surface area contributed by atoms with Gasteiger partial charge in [-0.3, -0.25) is 4.57 Å². The van der Waals surface area contributed by atoms with E-state index in [1.807, 2.05) is 30.3 Å². The third-order valence-corrected chi connectivity index (χ3v) is 12.3. The number of ether oxygens (including phenoxy) is 1. The Balaban J connectivity index is 1.05. The van der Waals surface area contributed by atoms with Crippen LogP contribution in [0.15, 0.2) is 206 Å². The molecule has 0 radical (unpaired) electrons. The number of benzene rings is 9. The normalized spacial score (nSPS) is 12.1. The summed E-state index contributed by atoms with van der Waals surface area (Å²) in [4.78, 5) is 10.4. The summed E-state index contributed by atoms with van der Waals surface area (Å²) in [5.41, 5.74) is 13.0. The van der Waals surface area contributed by atoms with Crippen molar-refractivity contribution in [3.05, 3.63) is 206 Å². The Labute approximate surface area is 351 Å². The van der Waals surface area contributed by atoms with Gasteiger partial charge in [0.1, 0.15) is 17.3 Å². The molecule has 0 fully saturated rings. The molecule has 0 atom stereocenters. The van der Waals surface area contributed by atoms with E-state index < -0.39 is 0 Å². The molecule has 9 aromatic carbocycles. The van der Waals surface area contributed by atoms with Crippen LogP contribution in [0.5, 0.6) is 11.5 Å². The number of nitrogens with zero attached hydrogens (tertiary/aromatic N) is 4. The van der Waals surface area contributed by atoms with E-state index >= 15 is 0 Å². The Bertz CT molecular complexity index is 3660. The van der Waals surface area contributed by atoms with Crippen molar-refractivity contribution in [1.29, 1.82) is 0 Å². The Morgan fingerprint density at radius 3 is 1.77 bits per heavy atom. The topological polar surface area (TPSA) is 44.9 Å². The minimum Gasteiger partial charge on any atom is -0.456 e. The summed E-state index contributed by atoms with van der Waals surface area (Å²) >= 11 is 0. The minimum atomic E-state index is 0.686. The summed E-state index contributed by atoms with van der Waals surface area (Å²) in [5, 5.41) is 7.10. The van der Waals surface area contributed by atoms with E-state index in [9.17, 15) is 0 Å². The van der Waals surface area contributed by atoms with Crippen LogP contribution in [0.3, 0.4) is 0 Å². The zero-order valence-electron chi connectivity index (χ0n) is 32.8. The van der Waals surface area contributed by atoms with Gasteiger partial charge in [0.25, 0.3) is 0 Å². The van der Waals surface area contributed by atoms with Crippen LogP contribution >= 0.6 is 0 Å². The molecule has 0 amide bonds. The number of para-hydroxylation sites is 3. The SMILES string of the molecule is c1ccc(-c2cc(-n3c4ccccc4c4ccc(-c5ccc6c7c8cccc9c8c(cc7n(-c7ccccc7)c6c5)Oc5ccccc5-9)cc43)nc(-c3ccccc3)n2)cc1. The van der Waals surface area contributed by atoms with Crippen molar-refractivity contribution < 1.29 is 4.74 Å². The van der Waals surface area contributed by atoms with Crippen molar-refractivity contribution in [2.75, 3.05) is 0 Å². The van der Waals surface area contributed by atoms with E-state index in [-0.39, 0.29) is 0 Å². The summed E-state index contributed by atoms with van der Waals surface area (Å²) in [5.74, 6) is 3.27. The average molecular weight is 779 g/mol. The maximum absolute atomic E-state index is 6.69. The minimum absolute atomic E-state index is 0.686. The van der Waals surface area contributed by atoms with Crippen LogP contribution in [0, 0.1) is 0 Å². The first-order valence-corrected chi connectivity index (χ1v) is 20.7. The summed E-state index contributed by atoms with van der Waals surface area (Å²) in [6.07, 6.45) is 0. The first-order chi connectivity index (χ1) is 30.2. The third-order valence-electron chi connectivity index (χ3n) is 12.3. The Morgan fingerprint density at radius 1 is 0.344 bits per heavy atom. The molecule has 0 saturated carbocycles. The largest absolute Gasteiger partial charge is 0.456 e. The molecule has 5 heteroatoms. The van der Waals surface area contributed by atoms with E-state index in [0.717, 1.165) is 84.0 Å². The first kappa shape index (κ1) is 33.7. The lowest BCUT2D eigenvalue weighted by Gasteiger charge is -2.22. The number of fused-ring (bicyclic) bond motifs is 9. The second-order valence-electron chi connectivity index (χ2n) is 15.7. The molecule has 5 nitrogen and oxygen atoms in total. The van der Waals surface area contributed by atoms with Gasteiger partial charge in [-0.25, -0.2) is 9.97 Å². The fourth-order valence-corrected chi connectivity index (χ4v) is 9.61. The number of hydrogen-bond donors (Lipinski definition) is 0. The molecule has 1 aliphatic heterocycles. The lowest BCUT2D eigenvalue weighted by molar-refractivity contribution is 0.487. The summed E-state index contributed by atoms with van der Waals surface area (Å²) < 4.78 is 11.4. The van der Waals surface area contributed by atoms with Crippen molar-refractivity contribution in [2.24, 2.45) is 0 Å². The van der Waals surface area contributed by atoms with Crippen LogP contribution in [0.4, 0.5) is 0 Å². The van der Waals surface area contributed by atoms with Crippen molar-refractivity contribution in [3.63, 3.8) is 0 Å². The van der Waals surface area contributed by atoms with Gasteiger partial charge in [-0.15, -0.1) is 0 Å². The van der Waals surface area contributed by atoms with Gasteiger partial charge >= 0.3 is 0 Å². The van der Waals surface area contributed by atoms with E-state index in [4.69, 9.17) is 14.7 Å². The molecule has 0 bridgehead atoms. The lowest BCUT2D eigenvalue weighted by Crippen LogP contribution is -2.02. The fourth-order valence-electron chi connectivity index (χ4n) is 9.61. The van der Waals surface area contributed by atoms with Crippen LogP contribution in [-0.2, 0) is 0 Å². The van der Waals surface area contributed by atoms with Crippen LogP contribution < -0.4 is 4.74 Å². The highest BCUT2D eigenvalue weighted by molar-refractivity contribution is 6.25. The maximum Gasteiger partial charge on any atom is 0.162 e. The molecule has 0 aliphatic carbocycles. The quantitative estimate of drug-likeness (QED) is 0.175. The third kappa shape index (κ3) is 5.14. The zero-order valence-corrected chi connectivity index (χ0v) is 32.8. The van der Waals surface area contributed by atoms with E-state index in [2.05, 4.69) is 185 Å². The molecule has 61 heavy (non-hydrogen) atoms. The molecule has 1 aliphatic rings. The van der Waals surface area contributed by atoms with Crippen molar-refractivity contribution in [1.82, 2.24) is 19.1 Å². The van der Waals surface area contributed by atoms with Gasteiger partial charge in [-0.1, -0.05) is 158 Å². The summed E-state index contributed by atoms with van der Waals surface area (Å²) in [6.45, 7) is 0. The van der Waals surface area contributed by atoms with Crippen molar-refractivity contribution in [3.8, 4) is 67.9 Å². The lowest BCUT2D eigenvalue weighted by atomic mass is 9.92. The molecule has 0 unspecified atom stereocenters. The average Bonchev–Trinajstić information content (AvgIpc) is 3.84. The highest BCUT2D eigenvalue weighted by Gasteiger charge is 2.25. The number of aromatic nitrogens is 4. The number of rotatable bonds is 5. The van der Waals surface area contributed by atoms with Gasteiger partial charge in [0.05, 0.1) is 27.8 Å². The van der Waals surface area contributed by atoms with Crippen LogP contribution in [-0.4, -0.2) is 19.1 Å². The van der Waals surface area contributed by atoms with Crippen LogP contribution in [0.1, 0.15) is 0 Å². The molecule has 4 heterocycles. The molecule has 3 aromatic heterocycles. The molecule has 0 spiro atoms. The molecular formula is C56H34N4O. The van der Waals surface area contributed by atoms with Gasteiger partial charge in [0.15, 0.2) is 5.82 Å². The molecule has 13 rings (SSSR count). The first-order valence-electron chi connectivity index (χ1n) is 20.7. The molecule has 0 N–H and O–H groups in total. The van der Waals surface area contributed by atoms with Crippen molar-refractivity contribution in [2.45, 2.75) is 0 Å². The predicted molar refractivity (Wildman–Crippen MR) is 250 cm³/mol. The molecule has 12 aromatic rings. The highest BCUT2D eigenvalue weighted by Crippen LogP contribution is 2.50.